The van der Waals surface area contributed by atoms with Crippen LogP contribution in [-0.2, 0) is 11.3 Å². The van der Waals surface area contributed by atoms with Crippen LogP contribution in [0.3, 0.4) is 0 Å². The predicted molar refractivity (Wildman–Crippen MR) is 108 cm³/mol. The van der Waals surface area contributed by atoms with Gasteiger partial charge >= 0.3 is 0 Å². The van der Waals surface area contributed by atoms with Crippen molar-refractivity contribution in [3.8, 4) is 0 Å². The van der Waals surface area contributed by atoms with Gasteiger partial charge in [-0.05, 0) is 37.0 Å². The van der Waals surface area contributed by atoms with Crippen molar-refractivity contribution in [2.24, 2.45) is 0 Å². The lowest BCUT2D eigenvalue weighted by Crippen LogP contribution is -2.40. The lowest BCUT2D eigenvalue weighted by Gasteiger charge is -2.17. The second-order valence-corrected chi connectivity index (χ2v) is 6.32. The van der Waals surface area contributed by atoms with E-state index < -0.39 is 0 Å². The summed E-state index contributed by atoms with van der Waals surface area (Å²) in [6.45, 7) is 3.48. The number of hydrogen-bond acceptors (Lipinski definition) is 4. The highest BCUT2D eigenvalue weighted by Gasteiger charge is 2.06. The molecule has 5 nitrogen and oxygen atoms in total. The van der Waals surface area contributed by atoms with E-state index in [1.807, 2.05) is 36.4 Å². The summed E-state index contributed by atoms with van der Waals surface area (Å²) in [5.74, 6) is -0.216. The van der Waals surface area contributed by atoms with Crippen LogP contribution >= 0.6 is 12.2 Å². The minimum absolute atomic E-state index is 0.216. The molecule has 0 unspecified atom stereocenters. The van der Waals surface area contributed by atoms with Crippen molar-refractivity contribution in [1.82, 2.24) is 15.5 Å². The van der Waals surface area contributed by atoms with Crippen molar-refractivity contribution in [2.45, 2.75) is 6.54 Å². The monoisotopic (exact) mass is 371 g/mol. The Hall–Kier alpha value is -2.28. The molecule has 2 rings (SSSR count). The Bertz CT molecular complexity index is 680. The molecule has 0 bridgehead atoms. The van der Waals surface area contributed by atoms with Gasteiger partial charge in [-0.3, -0.25) is 15.0 Å². The predicted octanol–water partition coefficient (Wildman–Crippen LogP) is 2.44. The zero-order valence-electron chi connectivity index (χ0n) is 15.0. The summed E-state index contributed by atoms with van der Waals surface area (Å²) < 4.78 is 5.61. The number of rotatable bonds is 9. The van der Waals surface area contributed by atoms with E-state index in [0.717, 1.165) is 13.1 Å². The first-order valence-corrected chi connectivity index (χ1v) is 9.00. The molecule has 0 aliphatic rings. The molecule has 0 aliphatic heterocycles. The lowest BCUT2D eigenvalue weighted by molar-refractivity contribution is 0.0974. The van der Waals surface area contributed by atoms with E-state index in [1.54, 1.807) is 12.1 Å². The van der Waals surface area contributed by atoms with Crippen molar-refractivity contribution in [3.63, 3.8) is 0 Å². The Kier molecular flexibility index (Phi) is 8.75. The molecule has 26 heavy (non-hydrogen) atoms. The van der Waals surface area contributed by atoms with Gasteiger partial charge in [0.25, 0.3) is 5.91 Å². The molecule has 0 saturated carbocycles. The Labute approximate surface area is 160 Å². The molecule has 0 saturated heterocycles. The number of carbonyl (C=O) groups excluding carboxylic acids is 1. The fraction of sp³-hybridized carbons (Fsp3) is 0.300. The Morgan fingerprint density at radius 1 is 1.04 bits per heavy atom. The van der Waals surface area contributed by atoms with Gasteiger partial charge in [-0.1, -0.05) is 48.5 Å². The maximum atomic E-state index is 11.9. The second kappa shape index (κ2) is 11.4. The summed E-state index contributed by atoms with van der Waals surface area (Å²) in [6.07, 6.45) is 0. The number of benzene rings is 2. The normalized spacial score (nSPS) is 10.5. The highest BCUT2D eigenvalue weighted by Crippen LogP contribution is 2.02. The topological polar surface area (TPSA) is 53.6 Å². The van der Waals surface area contributed by atoms with Crippen LogP contribution in [0.1, 0.15) is 15.9 Å². The highest BCUT2D eigenvalue weighted by atomic mass is 32.1. The maximum absolute atomic E-state index is 11.9. The molecule has 0 aliphatic carbocycles. The van der Waals surface area contributed by atoms with Crippen molar-refractivity contribution in [3.05, 3.63) is 71.8 Å². The molecule has 138 valence electrons. The molecular formula is C20H25N3O2S. The van der Waals surface area contributed by atoms with E-state index in [1.165, 1.54) is 5.56 Å². The van der Waals surface area contributed by atoms with Crippen LogP contribution < -0.4 is 10.6 Å². The summed E-state index contributed by atoms with van der Waals surface area (Å²) in [6, 6.07) is 19.3. The number of ether oxygens (including phenoxy) is 1. The van der Waals surface area contributed by atoms with Crippen LogP contribution in [0.4, 0.5) is 0 Å². The van der Waals surface area contributed by atoms with Gasteiger partial charge in [0.1, 0.15) is 0 Å². The number of hydrogen-bond donors (Lipinski definition) is 2. The molecule has 0 atom stereocenters. The van der Waals surface area contributed by atoms with E-state index in [2.05, 4.69) is 34.7 Å². The quantitative estimate of drug-likeness (QED) is 0.524. The summed E-state index contributed by atoms with van der Waals surface area (Å²) in [5.41, 5.74) is 1.87. The number of amides is 1. The summed E-state index contributed by atoms with van der Waals surface area (Å²) in [4.78, 5) is 14.2. The van der Waals surface area contributed by atoms with Crippen molar-refractivity contribution in [1.29, 1.82) is 0 Å². The number of likely N-dealkylation sites (N-methyl/N-ethyl adjacent to an activating group) is 1. The van der Waals surface area contributed by atoms with Gasteiger partial charge in [0.15, 0.2) is 5.11 Å². The third kappa shape index (κ3) is 7.74. The zero-order valence-corrected chi connectivity index (χ0v) is 15.8. The average molecular weight is 372 g/mol. The molecule has 2 aromatic rings. The fourth-order valence-electron chi connectivity index (χ4n) is 2.34. The number of nitrogens with one attached hydrogen (secondary N) is 2. The van der Waals surface area contributed by atoms with Gasteiger partial charge in [0.05, 0.1) is 13.2 Å². The van der Waals surface area contributed by atoms with E-state index in [0.29, 0.717) is 30.4 Å². The molecule has 2 aromatic carbocycles. The lowest BCUT2D eigenvalue weighted by atomic mass is 10.2. The minimum atomic E-state index is -0.216. The molecular weight excluding hydrogens is 346 g/mol. The Balaban J connectivity index is 1.52. The van der Waals surface area contributed by atoms with Gasteiger partial charge in [-0.25, -0.2) is 0 Å². The average Bonchev–Trinajstić information content (AvgIpc) is 2.66. The Morgan fingerprint density at radius 3 is 2.38 bits per heavy atom. The molecule has 0 spiro atoms. The van der Waals surface area contributed by atoms with Crippen LogP contribution in [0, 0.1) is 0 Å². The standard InChI is InChI=1S/C20H25N3O2S/c1-23(16-17-8-4-2-5-9-17)13-15-25-14-12-21-20(26)22-19(24)18-10-6-3-7-11-18/h2-11H,12-16H2,1H3,(H2,21,22,24,26). The SMILES string of the molecule is CN(CCOCCNC(=S)NC(=O)c1ccccc1)Cc1ccccc1. The number of thiocarbonyl (C=S) groups is 1. The highest BCUT2D eigenvalue weighted by molar-refractivity contribution is 7.80. The molecule has 0 fully saturated rings. The first kappa shape index (κ1) is 20.0. The third-order valence-corrected chi connectivity index (χ3v) is 3.95. The molecule has 0 heterocycles. The van der Waals surface area contributed by atoms with Gasteiger partial charge in [0.2, 0.25) is 0 Å². The largest absolute Gasteiger partial charge is 0.378 e. The summed E-state index contributed by atoms with van der Waals surface area (Å²) in [7, 11) is 2.07. The summed E-state index contributed by atoms with van der Waals surface area (Å²) in [5, 5.41) is 5.93. The van der Waals surface area contributed by atoms with Crippen LogP contribution in [0.2, 0.25) is 0 Å². The smallest absolute Gasteiger partial charge is 0.257 e. The first-order valence-electron chi connectivity index (χ1n) is 8.59. The van der Waals surface area contributed by atoms with E-state index >= 15 is 0 Å². The van der Waals surface area contributed by atoms with Gasteiger partial charge in [0, 0.05) is 25.2 Å². The van der Waals surface area contributed by atoms with E-state index in [9.17, 15) is 4.79 Å². The maximum Gasteiger partial charge on any atom is 0.257 e. The third-order valence-electron chi connectivity index (χ3n) is 3.71. The van der Waals surface area contributed by atoms with Crippen molar-refractivity contribution < 1.29 is 9.53 Å². The van der Waals surface area contributed by atoms with Crippen LogP contribution in [0.15, 0.2) is 60.7 Å². The fourth-order valence-corrected chi connectivity index (χ4v) is 2.54. The molecule has 2 N–H and O–H groups in total. The van der Waals surface area contributed by atoms with Crippen molar-refractivity contribution >= 4 is 23.2 Å². The number of nitrogens with zero attached hydrogens (tertiary/aromatic N) is 1. The van der Waals surface area contributed by atoms with Crippen molar-refractivity contribution in [2.75, 3.05) is 33.4 Å². The van der Waals surface area contributed by atoms with Crippen LogP contribution in [0.5, 0.6) is 0 Å². The molecule has 6 heteroatoms. The zero-order chi connectivity index (χ0) is 18.6. The van der Waals surface area contributed by atoms with E-state index in [-0.39, 0.29) is 5.91 Å². The molecule has 1 amide bonds. The number of carbonyl (C=O) groups is 1. The van der Waals surface area contributed by atoms with Gasteiger partial charge in [-0.15, -0.1) is 0 Å². The van der Waals surface area contributed by atoms with Crippen LogP contribution in [-0.4, -0.2) is 49.3 Å². The van der Waals surface area contributed by atoms with Gasteiger partial charge in [-0.2, -0.15) is 0 Å². The first-order chi connectivity index (χ1) is 12.6. The Morgan fingerprint density at radius 2 is 1.69 bits per heavy atom. The molecule has 0 aromatic heterocycles. The van der Waals surface area contributed by atoms with E-state index in [4.69, 9.17) is 17.0 Å². The van der Waals surface area contributed by atoms with Crippen LogP contribution in [0.25, 0.3) is 0 Å². The summed E-state index contributed by atoms with van der Waals surface area (Å²) >= 11 is 5.12. The minimum Gasteiger partial charge on any atom is -0.378 e. The molecule has 0 radical (unpaired) electrons. The second-order valence-electron chi connectivity index (χ2n) is 5.91. The van der Waals surface area contributed by atoms with Gasteiger partial charge < -0.3 is 10.1 Å².